The van der Waals surface area contributed by atoms with Gasteiger partial charge in [0.15, 0.2) is 0 Å². The molecule has 0 spiro atoms. The van der Waals surface area contributed by atoms with Crippen LogP contribution in [0.2, 0.25) is 0 Å². The fraction of sp³-hybridized carbons (Fsp3) is 0.474. The number of nitrogens with zero attached hydrogens (tertiary/aromatic N) is 3. The van der Waals surface area contributed by atoms with E-state index in [0.29, 0.717) is 25.0 Å². The second kappa shape index (κ2) is 8.11. The standard InChI is InChI=1S/C19H24N4O3S/c1-3-11-20-19(24)10-9-18-21-16-14-15(7-8-17(16)22(18)2)27(25,26)23-12-5-4-6-13-23/h1,7-8,14H,4-6,9-13H2,2H3,(H,20,24). The van der Waals surface area contributed by atoms with E-state index in [9.17, 15) is 13.2 Å². The van der Waals surface area contributed by atoms with Gasteiger partial charge >= 0.3 is 0 Å². The van der Waals surface area contributed by atoms with Gasteiger partial charge < -0.3 is 9.88 Å². The van der Waals surface area contributed by atoms with E-state index in [4.69, 9.17) is 6.42 Å². The lowest BCUT2D eigenvalue weighted by atomic mass is 10.2. The molecule has 1 aromatic carbocycles. The summed E-state index contributed by atoms with van der Waals surface area (Å²) in [6, 6.07) is 5.04. The highest BCUT2D eigenvalue weighted by molar-refractivity contribution is 7.89. The van der Waals surface area contributed by atoms with Gasteiger partial charge in [-0.1, -0.05) is 12.3 Å². The van der Waals surface area contributed by atoms with Gasteiger partial charge in [0.25, 0.3) is 0 Å². The third-order valence-corrected chi connectivity index (χ3v) is 6.76. The third-order valence-electron chi connectivity index (χ3n) is 4.86. The Morgan fingerprint density at radius 3 is 2.74 bits per heavy atom. The van der Waals surface area contributed by atoms with Crippen molar-refractivity contribution in [2.45, 2.75) is 37.0 Å². The number of nitrogens with one attached hydrogen (secondary N) is 1. The van der Waals surface area contributed by atoms with Gasteiger partial charge in [-0.05, 0) is 31.0 Å². The van der Waals surface area contributed by atoms with Crippen LogP contribution in [0.4, 0.5) is 0 Å². The van der Waals surface area contributed by atoms with E-state index in [1.54, 1.807) is 22.5 Å². The van der Waals surface area contributed by atoms with Gasteiger partial charge in [-0.3, -0.25) is 4.79 Å². The number of piperidine rings is 1. The molecule has 1 aromatic heterocycles. The highest BCUT2D eigenvalue weighted by Gasteiger charge is 2.26. The lowest BCUT2D eigenvalue weighted by molar-refractivity contribution is -0.120. The summed E-state index contributed by atoms with van der Waals surface area (Å²) in [4.78, 5) is 16.5. The number of hydrogen-bond acceptors (Lipinski definition) is 4. The number of amides is 1. The number of sulfonamides is 1. The average Bonchev–Trinajstić information content (AvgIpc) is 3.00. The molecule has 1 aliphatic rings. The van der Waals surface area contributed by atoms with Crippen LogP contribution in [-0.4, -0.2) is 47.8 Å². The first-order chi connectivity index (χ1) is 12.9. The van der Waals surface area contributed by atoms with E-state index in [-0.39, 0.29) is 23.8 Å². The van der Waals surface area contributed by atoms with Crippen LogP contribution in [-0.2, 0) is 28.3 Å². The molecular formula is C19H24N4O3S. The van der Waals surface area contributed by atoms with Crippen LogP contribution in [0, 0.1) is 12.3 Å². The first kappa shape index (κ1) is 19.4. The fourth-order valence-corrected chi connectivity index (χ4v) is 4.87. The molecule has 7 nitrogen and oxygen atoms in total. The molecule has 3 rings (SSSR count). The third kappa shape index (κ3) is 4.15. The molecule has 2 heterocycles. The van der Waals surface area contributed by atoms with E-state index in [1.807, 2.05) is 11.6 Å². The molecule has 0 unspecified atom stereocenters. The second-order valence-corrected chi connectivity index (χ2v) is 8.62. The lowest BCUT2D eigenvalue weighted by Crippen LogP contribution is -2.35. The van der Waals surface area contributed by atoms with Crippen molar-refractivity contribution in [1.82, 2.24) is 19.2 Å². The van der Waals surface area contributed by atoms with Crippen molar-refractivity contribution in [2.75, 3.05) is 19.6 Å². The molecule has 1 aliphatic heterocycles. The van der Waals surface area contributed by atoms with Gasteiger partial charge in [-0.25, -0.2) is 13.4 Å². The summed E-state index contributed by atoms with van der Waals surface area (Å²) in [5, 5.41) is 2.62. The number of imidazole rings is 1. The summed E-state index contributed by atoms with van der Waals surface area (Å²) in [6.07, 6.45) is 8.73. The normalized spacial score (nSPS) is 15.6. The van der Waals surface area contributed by atoms with Crippen LogP contribution >= 0.6 is 0 Å². The zero-order valence-electron chi connectivity index (χ0n) is 15.4. The minimum atomic E-state index is -3.49. The maximum absolute atomic E-state index is 12.9. The maximum Gasteiger partial charge on any atom is 0.243 e. The Morgan fingerprint density at radius 2 is 2.04 bits per heavy atom. The Morgan fingerprint density at radius 1 is 1.30 bits per heavy atom. The van der Waals surface area contributed by atoms with Crippen molar-refractivity contribution in [1.29, 1.82) is 0 Å². The molecule has 0 bridgehead atoms. The van der Waals surface area contributed by atoms with E-state index in [0.717, 1.165) is 30.6 Å². The van der Waals surface area contributed by atoms with E-state index < -0.39 is 10.0 Å². The average molecular weight is 388 g/mol. The van der Waals surface area contributed by atoms with E-state index >= 15 is 0 Å². The number of rotatable bonds is 6. The largest absolute Gasteiger partial charge is 0.345 e. The zero-order valence-corrected chi connectivity index (χ0v) is 16.3. The first-order valence-electron chi connectivity index (χ1n) is 9.09. The number of terminal acetylenes is 1. The number of hydrogen-bond donors (Lipinski definition) is 1. The SMILES string of the molecule is C#CCNC(=O)CCc1nc2cc(S(=O)(=O)N3CCCCC3)ccc2n1C. The molecule has 1 saturated heterocycles. The van der Waals surface area contributed by atoms with E-state index in [1.165, 1.54) is 0 Å². The summed E-state index contributed by atoms with van der Waals surface area (Å²) in [5.74, 6) is 2.96. The number of fused-ring (bicyclic) bond motifs is 1. The van der Waals surface area contributed by atoms with Crippen LogP contribution in [0.15, 0.2) is 23.1 Å². The van der Waals surface area contributed by atoms with Crippen LogP contribution in [0.3, 0.4) is 0 Å². The molecular weight excluding hydrogens is 364 g/mol. The van der Waals surface area contributed by atoms with Crippen molar-refractivity contribution >= 4 is 27.0 Å². The summed E-state index contributed by atoms with van der Waals surface area (Å²) in [7, 11) is -1.63. The predicted molar refractivity (Wildman–Crippen MR) is 103 cm³/mol. The monoisotopic (exact) mass is 388 g/mol. The van der Waals surface area contributed by atoms with Gasteiger partial charge in [0.1, 0.15) is 5.82 Å². The second-order valence-electron chi connectivity index (χ2n) is 6.68. The Labute approximate surface area is 159 Å². The highest BCUT2D eigenvalue weighted by atomic mass is 32.2. The molecule has 144 valence electrons. The smallest absolute Gasteiger partial charge is 0.243 e. The van der Waals surface area contributed by atoms with Crippen LogP contribution < -0.4 is 5.32 Å². The molecule has 27 heavy (non-hydrogen) atoms. The summed E-state index contributed by atoms with van der Waals surface area (Å²) < 4.78 is 29.2. The first-order valence-corrected chi connectivity index (χ1v) is 10.5. The van der Waals surface area contributed by atoms with Gasteiger partial charge in [-0.2, -0.15) is 4.31 Å². The molecule has 0 atom stereocenters. The number of carbonyl (C=O) groups is 1. The molecule has 1 N–H and O–H groups in total. The molecule has 0 radical (unpaired) electrons. The number of carbonyl (C=O) groups excluding carboxylic acids is 1. The predicted octanol–water partition coefficient (Wildman–Crippen LogP) is 1.43. The molecule has 2 aromatic rings. The van der Waals surface area contributed by atoms with Gasteiger partial charge in [0.05, 0.1) is 22.5 Å². The van der Waals surface area contributed by atoms with Gasteiger partial charge in [-0.15, -0.1) is 6.42 Å². The van der Waals surface area contributed by atoms with Crippen LogP contribution in [0.25, 0.3) is 11.0 Å². The molecule has 0 aliphatic carbocycles. The Balaban J connectivity index is 1.82. The molecule has 0 saturated carbocycles. The Kier molecular flexibility index (Phi) is 5.82. The number of aryl methyl sites for hydroxylation is 2. The van der Waals surface area contributed by atoms with Crippen molar-refractivity contribution in [3.8, 4) is 12.3 Å². The minimum Gasteiger partial charge on any atom is -0.345 e. The fourth-order valence-electron chi connectivity index (χ4n) is 3.33. The summed E-state index contributed by atoms with van der Waals surface area (Å²) in [6.45, 7) is 1.35. The maximum atomic E-state index is 12.9. The Bertz CT molecular complexity index is 982. The quantitative estimate of drug-likeness (QED) is 0.759. The molecule has 8 heteroatoms. The molecule has 1 amide bonds. The topological polar surface area (TPSA) is 84.3 Å². The number of benzene rings is 1. The Hall–Kier alpha value is -2.37. The highest BCUT2D eigenvalue weighted by Crippen LogP contribution is 2.24. The van der Waals surface area contributed by atoms with Gasteiger partial charge in [0.2, 0.25) is 15.9 Å². The summed E-state index contributed by atoms with van der Waals surface area (Å²) in [5.41, 5.74) is 1.46. The van der Waals surface area contributed by atoms with Gasteiger partial charge in [0, 0.05) is 33.0 Å². The molecule has 1 fully saturated rings. The zero-order chi connectivity index (χ0) is 19.4. The van der Waals surface area contributed by atoms with Crippen molar-refractivity contribution < 1.29 is 13.2 Å². The van der Waals surface area contributed by atoms with E-state index in [2.05, 4.69) is 16.2 Å². The van der Waals surface area contributed by atoms with Crippen LogP contribution in [0.5, 0.6) is 0 Å². The number of aromatic nitrogens is 2. The van der Waals surface area contributed by atoms with Crippen LogP contribution in [0.1, 0.15) is 31.5 Å². The van der Waals surface area contributed by atoms with Crippen molar-refractivity contribution in [3.63, 3.8) is 0 Å². The van der Waals surface area contributed by atoms with Crippen molar-refractivity contribution in [2.24, 2.45) is 7.05 Å². The summed E-state index contributed by atoms with van der Waals surface area (Å²) >= 11 is 0. The lowest BCUT2D eigenvalue weighted by Gasteiger charge is -2.25. The minimum absolute atomic E-state index is 0.131. The van der Waals surface area contributed by atoms with Crippen molar-refractivity contribution in [3.05, 3.63) is 24.0 Å².